The first-order valence-electron chi connectivity index (χ1n) is 10.6. The van der Waals surface area contributed by atoms with Gasteiger partial charge in [-0.3, -0.25) is 9.59 Å². The molecule has 0 aromatic heterocycles. The molecule has 3 rings (SSSR count). The molecule has 6 N–H and O–H groups in total. The lowest BCUT2D eigenvalue weighted by atomic mass is 9.70. The monoisotopic (exact) mass is 442 g/mol. The van der Waals surface area contributed by atoms with Crippen molar-refractivity contribution in [1.82, 2.24) is 10.6 Å². The highest BCUT2D eigenvalue weighted by atomic mass is 16.3. The van der Waals surface area contributed by atoms with E-state index < -0.39 is 34.4 Å². The van der Waals surface area contributed by atoms with Gasteiger partial charge in [0.1, 0.15) is 0 Å². The second-order valence-electron chi connectivity index (χ2n) is 9.31. The summed E-state index contributed by atoms with van der Waals surface area (Å²) in [6.45, 7) is 5.78. The minimum Gasteiger partial charge on any atom is -0.504 e. The summed E-state index contributed by atoms with van der Waals surface area (Å²) in [6, 6.07) is 8.52. The molecule has 0 atom stereocenters. The van der Waals surface area contributed by atoms with Gasteiger partial charge in [-0.25, -0.2) is 0 Å². The summed E-state index contributed by atoms with van der Waals surface area (Å²) in [5.41, 5.74) is -1.04. The van der Waals surface area contributed by atoms with Crippen molar-refractivity contribution >= 4 is 11.8 Å². The van der Waals surface area contributed by atoms with Crippen molar-refractivity contribution < 1.29 is 30.0 Å². The number of benzene rings is 2. The zero-order valence-electron chi connectivity index (χ0n) is 18.5. The molecule has 1 saturated carbocycles. The average molecular weight is 443 g/mol. The molecular formula is C24H30N2O6. The Morgan fingerprint density at radius 1 is 0.875 bits per heavy atom. The molecule has 0 radical (unpaired) electrons. The van der Waals surface area contributed by atoms with Crippen LogP contribution in [0.2, 0.25) is 0 Å². The second kappa shape index (κ2) is 8.61. The number of carbonyl (C=O) groups is 2. The van der Waals surface area contributed by atoms with Crippen LogP contribution in [0.5, 0.6) is 23.0 Å². The van der Waals surface area contributed by atoms with Crippen LogP contribution in [0.3, 0.4) is 0 Å². The molecule has 172 valence electrons. The van der Waals surface area contributed by atoms with Crippen molar-refractivity contribution in [3.63, 3.8) is 0 Å². The number of amides is 2. The molecule has 2 aromatic carbocycles. The van der Waals surface area contributed by atoms with Gasteiger partial charge in [-0.15, -0.1) is 0 Å². The van der Waals surface area contributed by atoms with Gasteiger partial charge in [0, 0.05) is 11.1 Å². The predicted octanol–water partition coefficient (Wildman–Crippen LogP) is 3.40. The van der Waals surface area contributed by atoms with Crippen molar-refractivity contribution in [2.45, 2.75) is 57.5 Å². The van der Waals surface area contributed by atoms with Crippen LogP contribution in [0.15, 0.2) is 36.4 Å². The summed E-state index contributed by atoms with van der Waals surface area (Å²) < 4.78 is 0. The van der Waals surface area contributed by atoms with Gasteiger partial charge < -0.3 is 31.1 Å². The molecule has 0 saturated heterocycles. The van der Waals surface area contributed by atoms with E-state index in [1.807, 2.05) is 20.8 Å². The Bertz CT molecular complexity index is 1030. The largest absolute Gasteiger partial charge is 0.504 e. The van der Waals surface area contributed by atoms with Crippen LogP contribution in [-0.4, -0.2) is 43.3 Å². The van der Waals surface area contributed by atoms with Crippen LogP contribution in [0, 0.1) is 5.92 Å². The Balaban J connectivity index is 1.63. The van der Waals surface area contributed by atoms with Crippen LogP contribution in [0.1, 0.15) is 67.2 Å². The van der Waals surface area contributed by atoms with Gasteiger partial charge in [-0.2, -0.15) is 0 Å². The molecule has 0 unspecified atom stereocenters. The molecule has 0 heterocycles. The fraction of sp³-hybridized carbons (Fsp3) is 0.417. The molecule has 1 fully saturated rings. The first-order valence-corrected chi connectivity index (χ1v) is 10.6. The van der Waals surface area contributed by atoms with E-state index in [1.165, 1.54) is 36.4 Å². The Kier molecular flexibility index (Phi) is 6.25. The second-order valence-corrected chi connectivity index (χ2v) is 9.31. The molecule has 8 nitrogen and oxygen atoms in total. The number of rotatable bonds is 5. The fourth-order valence-electron chi connectivity index (χ4n) is 4.33. The van der Waals surface area contributed by atoms with Gasteiger partial charge in [0.2, 0.25) is 0 Å². The Morgan fingerprint density at radius 3 is 1.84 bits per heavy atom. The number of carbonyl (C=O) groups excluding carboxylic acids is 2. The maximum atomic E-state index is 12.7. The molecule has 2 aromatic rings. The van der Waals surface area contributed by atoms with E-state index in [4.69, 9.17) is 0 Å². The predicted molar refractivity (Wildman–Crippen MR) is 119 cm³/mol. The lowest BCUT2D eigenvalue weighted by molar-refractivity contribution is 0.0776. The van der Waals surface area contributed by atoms with Crippen LogP contribution in [0.25, 0.3) is 0 Å². The zero-order chi connectivity index (χ0) is 23.7. The van der Waals surface area contributed by atoms with Crippen molar-refractivity contribution in [3.8, 4) is 23.0 Å². The topological polar surface area (TPSA) is 139 Å². The van der Waals surface area contributed by atoms with Crippen molar-refractivity contribution in [2.75, 3.05) is 0 Å². The standard InChI is InChI=1S/C24H30N2O6/c1-23(2,25-21(31)15-6-4-8-17(27)19(15)29)14-10-12-24(3,13-11-14)26-22(32)16-7-5-9-18(28)20(16)30/h4-9,14,27-30H,10-13H2,1-3H3,(H,25,31)(H,26,32). The highest BCUT2D eigenvalue weighted by molar-refractivity contribution is 5.98. The Morgan fingerprint density at radius 2 is 1.34 bits per heavy atom. The summed E-state index contributed by atoms with van der Waals surface area (Å²) in [5.74, 6) is -2.38. The SMILES string of the molecule is CC1(NC(=O)c2cccc(O)c2O)CCC(C(C)(C)NC(=O)c2cccc(O)c2O)CC1. The van der Waals surface area contributed by atoms with Crippen molar-refractivity contribution in [1.29, 1.82) is 0 Å². The molecule has 8 heteroatoms. The van der Waals surface area contributed by atoms with Crippen LogP contribution < -0.4 is 10.6 Å². The third-order valence-electron chi connectivity index (χ3n) is 6.48. The summed E-state index contributed by atoms with van der Waals surface area (Å²) in [5, 5.41) is 45.1. The first-order chi connectivity index (χ1) is 14.9. The van der Waals surface area contributed by atoms with Crippen molar-refractivity contribution in [2.24, 2.45) is 5.92 Å². The van der Waals surface area contributed by atoms with Crippen LogP contribution in [-0.2, 0) is 0 Å². The van der Waals surface area contributed by atoms with E-state index in [-0.39, 0.29) is 28.5 Å². The number of hydrogen-bond acceptors (Lipinski definition) is 6. The smallest absolute Gasteiger partial charge is 0.255 e. The minimum absolute atomic E-state index is 0.0110. The van der Waals surface area contributed by atoms with E-state index >= 15 is 0 Å². The van der Waals surface area contributed by atoms with Crippen molar-refractivity contribution in [3.05, 3.63) is 47.5 Å². The molecule has 0 spiro atoms. The minimum atomic E-state index is -0.580. The first kappa shape index (κ1) is 23.2. The summed E-state index contributed by atoms with van der Waals surface area (Å²) >= 11 is 0. The Hall–Kier alpha value is -3.42. The maximum absolute atomic E-state index is 12.7. The maximum Gasteiger partial charge on any atom is 0.255 e. The summed E-state index contributed by atoms with van der Waals surface area (Å²) in [7, 11) is 0. The molecular weight excluding hydrogens is 412 g/mol. The van der Waals surface area contributed by atoms with Gasteiger partial charge in [0.25, 0.3) is 11.8 Å². The van der Waals surface area contributed by atoms with Gasteiger partial charge in [0.05, 0.1) is 11.1 Å². The van der Waals surface area contributed by atoms with Crippen LogP contribution >= 0.6 is 0 Å². The molecule has 1 aliphatic rings. The molecule has 0 aliphatic heterocycles. The summed E-state index contributed by atoms with van der Waals surface area (Å²) in [6.07, 6.45) is 2.81. The molecule has 0 bridgehead atoms. The molecule has 32 heavy (non-hydrogen) atoms. The molecule has 1 aliphatic carbocycles. The third kappa shape index (κ3) is 4.74. The van der Waals surface area contributed by atoms with Gasteiger partial charge in [-0.1, -0.05) is 12.1 Å². The zero-order valence-corrected chi connectivity index (χ0v) is 18.5. The quantitative estimate of drug-likeness (QED) is 0.392. The highest BCUT2D eigenvalue weighted by Crippen LogP contribution is 2.39. The number of nitrogens with one attached hydrogen (secondary N) is 2. The van der Waals surface area contributed by atoms with Crippen LogP contribution in [0.4, 0.5) is 0 Å². The summed E-state index contributed by atoms with van der Waals surface area (Å²) in [4.78, 5) is 25.3. The number of para-hydroxylation sites is 2. The average Bonchev–Trinajstić information content (AvgIpc) is 2.71. The fourth-order valence-corrected chi connectivity index (χ4v) is 4.33. The van der Waals surface area contributed by atoms with E-state index in [0.29, 0.717) is 12.8 Å². The van der Waals surface area contributed by atoms with E-state index in [2.05, 4.69) is 10.6 Å². The number of aromatic hydroxyl groups is 4. The Labute approximate surface area is 186 Å². The van der Waals surface area contributed by atoms with Gasteiger partial charge >= 0.3 is 0 Å². The lowest BCUT2D eigenvalue weighted by Crippen LogP contribution is -2.54. The van der Waals surface area contributed by atoms with E-state index in [1.54, 1.807) is 0 Å². The normalized spacial score (nSPS) is 21.0. The lowest BCUT2D eigenvalue weighted by Gasteiger charge is -2.44. The molecule has 2 amide bonds. The highest BCUT2D eigenvalue weighted by Gasteiger charge is 2.40. The van der Waals surface area contributed by atoms with Gasteiger partial charge in [0.15, 0.2) is 23.0 Å². The van der Waals surface area contributed by atoms with E-state index in [9.17, 15) is 30.0 Å². The number of phenolic OH excluding ortho intramolecular Hbond substituents is 4. The third-order valence-corrected chi connectivity index (χ3v) is 6.48. The van der Waals surface area contributed by atoms with Gasteiger partial charge in [-0.05, 0) is 76.6 Å². The number of phenols is 4. The number of hydrogen-bond donors (Lipinski definition) is 6. The van der Waals surface area contributed by atoms with E-state index in [0.717, 1.165) is 12.8 Å².